The highest BCUT2D eigenvalue weighted by molar-refractivity contribution is 5.95. The zero-order valence-corrected chi connectivity index (χ0v) is 15.2. The highest BCUT2D eigenvalue weighted by atomic mass is 19.1. The van der Waals surface area contributed by atoms with Gasteiger partial charge in [-0.15, -0.1) is 0 Å². The van der Waals surface area contributed by atoms with E-state index in [0.717, 1.165) is 6.07 Å². The second-order valence-corrected chi connectivity index (χ2v) is 6.29. The first-order chi connectivity index (χ1) is 12.9. The molecule has 1 aromatic heterocycles. The molecule has 4 N–H and O–H groups in total. The number of rotatable bonds is 8. The van der Waals surface area contributed by atoms with Crippen molar-refractivity contribution < 1.29 is 18.7 Å². The van der Waals surface area contributed by atoms with Gasteiger partial charge in [0, 0.05) is 18.0 Å². The third kappa shape index (κ3) is 6.34. The topological polar surface area (TPSA) is 106 Å². The van der Waals surface area contributed by atoms with Crippen LogP contribution in [0.5, 0.6) is 5.75 Å². The summed E-state index contributed by atoms with van der Waals surface area (Å²) >= 11 is 0. The van der Waals surface area contributed by atoms with Gasteiger partial charge in [0.2, 0.25) is 11.8 Å². The molecule has 0 radical (unpaired) electrons. The third-order valence-corrected chi connectivity index (χ3v) is 3.76. The zero-order chi connectivity index (χ0) is 19.8. The molecule has 0 unspecified atom stereocenters. The van der Waals surface area contributed by atoms with Crippen molar-refractivity contribution >= 4 is 17.5 Å². The number of nitrogens with zero attached hydrogens (tertiary/aromatic N) is 1. The van der Waals surface area contributed by atoms with Crippen LogP contribution in [0.3, 0.4) is 0 Å². The Kier molecular flexibility index (Phi) is 7.25. The molecule has 144 valence electrons. The maximum atomic E-state index is 14.1. The Bertz CT molecular complexity index is 784. The van der Waals surface area contributed by atoms with Gasteiger partial charge in [-0.3, -0.25) is 14.6 Å². The number of hydrogen-bond donors (Lipinski definition) is 3. The molecule has 0 bridgehead atoms. The SMILES string of the molecule is CC(C)[C@H](N)C(=O)NCC(=O)Nc1ccc(OCc2ccccn2)c(F)c1. The number of anilines is 1. The fourth-order valence-electron chi connectivity index (χ4n) is 2.12. The van der Waals surface area contributed by atoms with Crippen LogP contribution >= 0.6 is 0 Å². The average Bonchev–Trinajstić information content (AvgIpc) is 2.65. The van der Waals surface area contributed by atoms with E-state index >= 15 is 0 Å². The van der Waals surface area contributed by atoms with Crippen LogP contribution in [-0.2, 0) is 16.2 Å². The molecule has 0 aliphatic rings. The molecule has 2 rings (SSSR count). The summed E-state index contributed by atoms with van der Waals surface area (Å²) in [5.74, 6) is -1.50. The fraction of sp³-hybridized carbons (Fsp3) is 0.316. The second-order valence-electron chi connectivity index (χ2n) is 6.29. The minimum absolute atomic E-state index is 0.0409. The van der Waals surface area contributed by atoms with Gasteiger partial charge in [0.15, 0.2) is 11.6 Å². The molecule has 0 aliphatic carbocycles. The third-order valence-electron chi connectivity index (χ3n) is 3.76. The van der Waals surface area contributed by atoms with E-state index in [1.807, 2.05) is 19.9 Å². The fourth-order valence-corrected chi connectivity index (χ4v) is 2.12. The Morgan fingerprint density at radius 3 is 2.67 bits per heavy atom. The number of nitrogens with two attached hydrogens (primary N) is 1. The van der Waals surface area contributed by atoms with Crippen LogP contribution in [0.25, 0.3) is 0 Å². The summed E-state index contributed by atoms with van der Waals surface area (Å²) in [6.07, 6.45) is 1.63. The summed E-state index contributed by atoms with van der Waals surface area (Å²) in [5.41, 5.74) is 6.62. The molecule has 0 fully saturated rings. The number of hydrogen-bond acceptors (Lipinski definition) is 5. The maximum absolute atomic E-state index is 14.1. The van der Waals surface area contributed by atoms with E-state index in [2.05, 4.69) is 15.6 Å². The molecule has 0 aliphatic heterocycles. The van der Waals surface area contributed by atoms with Crippen LogP contribution in [0.15, 0.2) is 42.6 Å². The first-order valence-electron chi connectivity index (χ1n) is 8.52. The lowest BCUT2D eigenvalue weighted by atomic mass is 10.1. The second kappa shape index (κ2) is 9.63. The molecule has 27 heavy (non-hydrogen) atoms. The van der Waals surface area contributed by atoms with Gasteiger partial charge in [-0.1, -0.05) is 19.9 Å². The number of benzene rings is 1. The predicted octanol–water partition coefficient (Wildman–Crippen LogP) is 1.84. The molecule has 0 spiro atoms. The summed E-state index contributed by atoms with van der Waals surface area (Å²) < 4.78 is 19.5. The predicted molar refractivity (Wildman–Crippen MR) is 99.4 cm³/mol. The number of ether oxygens (including phenoxy) is 1. The standard InChI is InChI=1S/C19H23FN4O3/c1-12(2)18(21)19(26)23-10-17(25)24-13-6-7-16(15(20)9-13)27-11-14-5-3-4-8-22-14/h3-9,12,18H,10-11,21H2,1-2H3,(H,23,26)(H,24,25)/t18-/m0/s1. The summed E-state index contributed by atoms with van der Waals surface area (Å²) in [6, 6.07) is 8.75. The van der Waals surface area contributed by atoms with Crippen LogP contribution < -0.4 is 21.1 Å². The molecule has 0 saturated carbocycles. The smallest absolute Gasteiger partial charge is 0.243 e. The van der Waals surface area contributed by atoms with Gasteiger partial charge >= 0.3 is 0 Å². The summed E-state index contributed by atoms with van der Waals surface area (Å²) in [4.78, 5) is 27.7. The monoisotopic (exact) mass is 374 g/mol. The van der Waals surface area contributed by atoms with Crippen molar-refractivity contribution in [2.24, 2.45) is 11.7 Å². The molecule has 2 aromatic rings. The average molecular weight is 374 g/mol. The number of carbonyl (C=O) groups is 2. The highest BCUT2D eigenvalue weighted by Gasteiger charge is 2.17. The molecule has 2 amide bonds. The Labute approximate surface area is 157 Å². The van der Waals surface area contributed by atoms with Crippen LogP contribution in [0.2, 0.25) is 0 Å². The van der Waals surface area contributed by atoms with Crippen molar-refractivity contribution in [3.05, 3.63) is 54.1 Å². The van der Waals surface area contributed by atoms with Gasteiger partial charge in [-0.25, -0.2) is 4.39 Å². The first kappa shape index (κ1) is 20.3. The number of carbonyl (C=O) groups excluding carboxylic acids is 2. The normalized spacial score (nSPS) is 11.7. The number of pyridine rings is 1. The van der Waals surface area contributed by atoms with Crippen molar-refractivity contribution in [3.8, 4) is 5.75 Å². The first-order valence-corrected chi connectivity index (χ1v) is 8.52. The van der Waals surface area contributed by atoms with E-state index in [9.17, 15) is 14.0 Å². The van der Waals surface area contributed by atoms with Crippen molar-refractivity contribution in [1.29, 1.82) is 0 Å². The van der Waals surface area contributed by atoms with E-state index in [-0.39, 0.29) is 30.5 Å². The summed E-state index contributed by atoms with van der Waals surface area (Å²) in [7, 11) is 0. The summed E-state index contributed by atoms with van der Waals surface area (Å²) in [6.45, 7) is 3.50. The molecular weight excluding hydrogens is 351 g/mol. The van der Waals surface area contributed by atoms with Crippen molar-refractivity contribution in [2.75, 3.05) is 11.9 Å². The van der Waals surface area contributed by atoms with Crippen LogP contribution in [-0.4, -0.2) is 29.4 Å². The molecular formula is C19H23FN4O3. The van der Waals surface area contributed by atoms with Gasteiger partial charge in [0.25, 0.3) is 0 Å². The van der Waals surface area contributed by atoms with E-state index in [0.29, 0.717) is 5.69 Å². The number of halogens is 1. The van der Waals surface area contributed by atoms with Gasteiger partial charge < -0.3 is 21.1 Å². The van der Waals surface area contributed by atoms with Gasteiger partial charge in [0.05, 0.1) is 18.3 Å². The lowest BCUT2D eigenvalue weighted by molar-refractivity contribution is -0.125. The van der Waals surface area contributed by atoms with Crippen LogP contribution in [0, 0.1) is 11.7 Å². The van der Waals surface area contributed by atoms with Gasteiger partial charge in [-0.05, 0) is 30.2 Å². The Balaban J connectivity index is 1.85. The number of aromatic nitrogens is 1. The molecule has 1 atom stereocenters. The lowest BCUT2D eigenvalue weighted by Gasteiger charge is -2.15. The number of amides is 2. The van der Waals surface area contributed by atoms with E-state index in [4.69, 9.17) is 10.5 Å². The van der Waals surface area contributed by atoms with E-state index in [1.54, 1.807) is 18.3 Å². The van der Waals surface area contributed by atoms with E-state index in [1.165, 1.54) is 12.1 Å². The number of nitrogens with one attached hydrogen (secondary N) is 2. The molecule has 0 saturated heterocycles. The molecule has 1 heterocycles. The van der Waals surface area contributed by atoms with Gasteiger partial charge in [-0.2, -0.15) is 0 Å². The maximum Gasteiger partial charge on any atom is 0.243 e. The minimum atomic E-state index is -0.689. The van der Waals surface area contributed by atoms with Crippen LogP contribution in [0.1, 0.15) is 19.5 Å². The Hall–Kier alpha value is -3.00. The Morgan fingerprint density at radius 1 is 1.26 bits per heavy atom. The Morgan fingerprint density at radius 2 is 2.04 bits per heavy atom. The zero-order valence-electron chi connectivity index (χ0n) is 15.2. The molecule has 7 nitrogen and oxygen atoms in total. The van der Waals surface area contributed by atoms with Crippen molar-refractivity contribution in [1.82, 2.24) is 10.3 Å². The highest BCUT2D eigenvalue weighted by Crippen LogP contribution is 2.22. The largest absolute Gasteiger partial charge is 0.484 e. The minimum Gasteiger partial charge on any atom is -0.484 e. The summed E-state index contributed by atoms with van der Waals surface area (Å²) in [5, 5.41) is 4.95. The molecule has 1 aromatic carbocycles. The van der Waals surface area contributed by atoms with Crippen LogP contribution in [0.4, 0.5) is 10.1 Å². The van der Waals surface area contributed by atoms with E-state index < -0.39 is 23.7 Å². The van der Waals surface area contributed by atoms with Gasteiger partial charge in [0.1, 0.15) is 6.61 Å². The van der Waals surface area contributed by atoms with Crippen molar-refractivity contribution in [3.63, 3.8) is 0 Å². The lowest BCUT2D eigenvalue weighted by Crippen LogP contribution is -2.46. The molecule has 8 heteroatoms. The quantitative estimate of drug-likeness (QED) is 0.654. The van der Waals surface area contributed by atoms with Crippen molar-refractivity contribution in [2.45, 2.75) is 26.5 Å².